The van der Waals surface area contributed by atoms with E-state index in [-0.39, 0.29) is 29.1 Å². The highest BCUT2D eigenvalue weighted by atomic mass is 19.1. The number of hydrogen-bond acceptors (Lipinski definition) is 6. The molecule has 9 heteroatoms. The number of halogens is 1. The number of aliphatic hydroxyl groups excluding tert-OH is 2. The van der Waals surface area contributed by atoms with Crippen molar-refractivity contribution in [2.24, 2.45) is 0 Å². The van der Waals surface area contributed by atoms with Crippen LogP contribution in [-0.2, 0) is 0 Å². The molecule has 2 aromatic rings. The molecule has 5 N–H and O–H groups in total. The zero-order chi connectivity index (χ0) is 15.4. The number of nitrogens with two attached hydrogens (primary N) is 1. The number of rotatable bonds is 2. The van der Waals surface area contributed by atoms with Gasteiger partial charge in [0.25, 0.3) is 5.56 Å². The van der Waals surface area contributed by atoms with Crippen molar-refractivity contribution in [2.75, 3.05) is 12.3 Å². The summed E-state index contributed by atoms with van der Waals surface area (Å²) in [7, 11) is 0. The van der Waals surface area contributed by atoms with Gasteiger partial charge in [0, 0.05) is 6.42 Å². The number of aromatic amines is 1. The Balaban J connectivity index is 2.15. The molecule has 0 aromatic carbocycles. The van der Waals surface area contributed by atoms with E-state index >= 15 is 0 Å². The fourth-order valence-electron chi connectivity index (χ4n) is 2.69. The molecule has 112 valence electrons. The Labute approximate surface area is 117 Å². The van der Waals surface area contributed by atoms with Gasteiger partial charge in [-0.2, -0.15) is 4.98 Å². The second-order valence-corrected chi connectivity index (χ2v) is 5.09. The molecular weight excluding hydrogens is 281 g/mol. The number of aromatic nitrogens is 4. The van der Waals surface area contributed by atoms with Gasteiger partial charge in [0.1, 0.15) is 0 Å². The van der Waals surface area contributed by atoms with E-state index in [0.717, 1.165) is 0 Å². The van der Waals surface area contributed by atoms with Gasteiger partial charge >= 0.3 is 0 Å². The minimum atomic E-state index is -2.28. The summed E-state index contributed by atoms with van der Waals surface area (Å²) in [6.45, 7) is 2.76. The molecule has 0 spiro atoms. The number of nitrogen functional groups attached to an aromatic ring is 1. The Hall–Kier alpha value is -2.26. The predicted octanol–water partition coefficient (Wildman–Crippen LogP) is -0.736. The van der Waals surface area contributed by atoms with Gasteiger partial charge < -0.3 is 20.5 Å². The van der Waals surface area contributed by atoms with Crippen LogP contribution in [0.5, 0.6) is 0 Å². The van der Waals surface area contributed by atoms with Crippen LogP contribution < -0.4 is 11.3 Å². The summed E-state index contributed by atoms with van der Waals surface area (Å²) in [4.78, 5) is 22.0. The van der Waals surface area contributed by atoms with Crippen molar-refractivity contribution in [1.29, 1.82) is 0 Å². The largest absolute Gasteiger partial charge is 0.393 e. The van der Waals surface area contributed by atoms with Crippen molar-refractivity contribution >= 4 is 17.1 Å². The molecule has 1 aliphatic carbocycles. The maximum Gasteiger partial charge on any atom is 0.280 e. The van der Waals surface area contributed by atoms with Crippen molar-refractivity contribution < 1.29 is 14.6 Å². The Morgan fingerprint density at radius 1 is 1.67 bits per heavy atom. The first kappa shape index (κ1) is 13.7. The first-order valence-corrected chi connectivity index (χ1v) is 6.28. The number of nitrogens with zero attached hydrogens (tertiary/aromatic N) is 3. The molecule has 1 saturated carbocycles. The highest BCUT2D eigenvalue weighted by Crippen LogP contribution is 2.45. The van der Waals surface area contributed by atoms with Crippen molar-refractivity contribution in [3.8, 4) is 0 Å². The van der Waals surface area contributed by atoms with Gasteiger partial charge in [-0.05, 0) is 5.57 Å². The first-order chi connectivity index (χ1) is 9.88. The fraction of sp³-hybridized carbons (Fsp3) is 0.417. The minimum absolute atomic E-state index is 0.00423. The number of fused-ring (bicyclic) bond motifs is 1. The lowest BCUT2D eigenvalue weighted by molar-refractivity contribution is -0.00222. The molecule has 3 atom stereocenters. The first-order valence-electron chi connectivity index (χ1n) is 6.28. The molecule has 0 saturated heterocycles. The fourth-order valence-corrected chi connectivity index (χ4v) is 2.69. The number of H-pyrrole nitrogens is 1. The van der Waals surface area contributed by atoms with E-state index in [1.165, 1.54) is 10.9 Å². The Kier molecular flexibility index (Phi) is 2.85. The van der Waals surface area contributed by atoms with Crippen LogP contribution in [0.3, 0.4) is 0 Å². The molecule has 2 heterocycles. The van der Waals surface area contributed by atoms with Crippen molar-refractivity contribution in [1.82, 2.24) is 19.5 Å². The van der Waals surface area contributed by atoms with E-state index in [1.54, 1.807) is 0 Å². The van der Waals surface area contributed by atoms with E-state index in [9.17, 15) is 19.4 Å². The van der Waals surface area contributed by atoms with Crippen molar-refractivity contribution in [3.63, 3.8) is 0 Å². The molecule has 0 bridgehead atoms. The number of imidazole rings is 1. The molecule has 0 radical (unpaired) electrons. The second-order valence-electron chi connectivity index (χ2n) is 5.09. The minimum Gasteiger partial charge on any atom is -0.393 e. The lowest BCUT2D eigenvalue weighted by Gasteiger charge is -2.22. The SMILES string of the molecule is C=C1C(n2cnc3c(=O)[nH]c(N)nc32)C[C@H](O)[C@]1(F)CO. The van der Waals surface area contributed by atoms with Gasteiger partial charge in [-0.3, -0.25) is 9.78 Å². The topological polar surface area (TPSA) is 130 Å². The third-order valence-corrected chi connectivity index (χ3v) is 3.93. The van der Waals surface area contributed by atoms with Crippen molar-refractivity contribution in [3.05, 3.63) is 28.8 Å². The van der Waals surface area contributed by atoms with Crippen LogP contribution in [0.1, 0.15) is 12.5 Å². The zero-order valence-electron chi connectivity index (χ0n) is 11.0. The molecule has 8 nitrogen and oxygen atoms in total. The van der Waals surface area contributed by atoms with E-state index in [2.05, 4.69) is 21.5 Å². The number of hydrogen-bond donors (Lipinski definition) is 4. The molecule has 1 aliphatic rings. The van der Waals surface area contributed by atoms with Gasteiger partial charge in [0.05, 0.1) is 25.1 Å². The number of aliphatic hydroxyl groups is 2. The molecule has 21 heavy (non-hydrogen) atoms. The number of anilines is 1. The van der Waals surface area contributed by atoms with Gasteiger partial charge in [-0.25, -0.2) is 9.37 Å². The lowest BCUT2D eigenvalue weighted by Crippen LogP contribution is -2.37. The van der Waals surface area contributed by atoms with Gasteiger partial charge in [-0.15, -0.1) is 0 Å². The number of nitrogens with one attached hydrogen (secondary N) is 1. The molecule has 1 unspecified atom stereocenters. The molecule has 3 rings (SSSR count). The van der Waals surface area contributed by atoms with Crippen LogP contribution in [0.4, 0.5) is 10.3 Å². The number of alkyl halides is 1. The lowest BCUT2D eigenvalue weighted by atomic mass is 9.99. The Morgan fingerprint density at radius 3 is 3.00 bits per heavy atom. The summed E-state index contributed by atoms with van der Waals surface area (Å²) in [6, 6.07) is -0.671. The summed E-state index contributed by atoms with van der Waals surface area (Å²) in [5, 5.41) is 19.0. The monoisotopic (exact) mass is 295 g/mol. The average molecular weight is 295 g/mol. The van der Waals surface area contributed by atoms with E-state index in [1.807, 2.05) is 0 Å². The maximum absolute atomic E-state index is 14.5. The van der Waals surface area contributed by atoms with Gasteiger partial charge in [0.15, 0.2) is 16.8 Å². The molecule has 0 amide bonds. The summed E-state index contributed by atoms with van der Waals surface area (Å²) < 4.78 is 15.9. The summed E-state index contributed by atoms with van der Waals surface area (Å²) >= 11 is 0. The summed E-state index contributed by atoms with van der Waals surface area (Å²) in [6.07, 6.45) is -0.0786. The van der Waals surface area contributed by atoms with Crippen LogP contribution >= 0.6 is 0 Å². The summed E-state index contributed by atoms with van der Waals surface area (Å²) in [5.41, 5.74) is 2.96. The normalized spacial score (nSPS) is 29.4. The standard InChI is InChI=1S/C12H14FN5O3/c1-5-6(2-7(20)12(5,13)3-19)18-4-15-8-9(18)16-11(14)17-10(8)21/h4,6-7,19-20H,1-3H2,(H3,14,16,17,21)/t6?,7-,12-/m0/s1. The maximum atomic E-state index is 14.5. The predicted molar refractivity (Wildman–Crippen MR) is 72.3 cm³/mol. The van der Waals surface area contributed by atoms with E-state index in [4.69, 9.17) is 5.73 Å². The third-order valence-electron chi connectivity index (χ3n) is 3.93. The van der Waals surface area contributed by atoms with Crippen LogP contribution in [0.25, 0.3) is 11.2 Å². The highest BCUT2D eigenvalue weighted by molar-refractivity contribution is 5.71. The van der Waals surface area contributed by atoms with Crippen LogP contribution in [0.2, 0.25) is 0 Å². The second kappa shape index (κ2) is 4.37. The molecular formula is C12H14FN5O3. The Morgan fingerprint density at radius 2 is 2.38 bits per heavy atom. The van der Waals surface area contributed by atoms with Crippen LogP contribution in [0, 0.1) is 0 Å². The molecule has 0 aliphatic heterocycles. The third kappa shape index (κ3) is 1.78. The Bertz CT molecular complexity index is 785. The van der Waals surface area contributed by atoms with Gasteiger partial charge in [-0.1, -0.05) is 6.58 Å². The average Bonchev–Trinajstić information content (AvgIpc) is 2.94. The molecule has 1 fully saturated rings. The highest BCUT2D eigenvalue weighted by Gasteiger charge is 2.51. The van der Waals surface area contributed by atoms with Crippen LogP contribution in [0.15, 0.2) is 23.3 Å². The van der Waals surface area contributed by atoms with E-state index < -0.39 is 30.0 Å². The van der Waals surface area contributed by atoms with Gasteiger partial charge in [0.2, 0.25) is 5.95 Å². The smallest absolute Gasteiger partial charge is 0.280 e. The van der Waals surface area contributed by atoms with Crippen molar-refractivity contribution in [2.45, 2.75) is 24.2 Å². The molecule has 2 aromatic heterocycles. The van der Waals surface area contributed by atoms with Crippen LogP contribution in [-0.4, -0.2) is 48.1 Å². The summed E-state index contributed by atoms with van der Waals surface area (Å²) in [5.74, 6) is -0.0907. The zero-order valence-corrected chi connectivity index (χ0v) is 11.0. The quantitative estimate of drug-likeness (QED) is 0.540. The van der Waals surface area contributed by atoms with E-state index in [0.29, 0.717) is 0 Å².